The highest BCUT2D eigenvalue weighted by Gasteiger charge is 2.20. The van der Waals surface area contributed by atoms with Crippen LogP contribution in [0, 0.1) is 10.1 Å². The van der Waals surface area contributed by atoms with Crippen molar-refractivity contribution < 1.29 is 19.9 Å². The van der Waals surface area contributed by atoms with Crippen molar-refractivity contribution in [2.45, 2.75) is 0 Å². The Kier molecular flexibility index (Phi) is 4.89. The van der Waals surface area contributed by atoms with Gasteiger partial charge in [-0.1, -0.05) is 11.6 Å². The van der Waals surface area contributed by atoms with E-state index in [0.717, 1.165) is 26.2 Å². The molecular formula is C12H17ClN4O3+2. The van der Waals surface area contributed by atoms with Crippen LogP contribution in [0.2, 0.25) is 5.02 Å². The number of carbonyl (C=O) groups is 1. The fraction of sp³-hybridized carbons (Fsp3) is 0.417. The van der Waals surface area contributed by atoms with Gasteiger partial charge in [-0.2, -0.15) is 0 Å². The maximum Gasteiger partial charge on any atom is 0.289 e. The Morgan fingerprint density at radius 3 is 2.80 bits per heavy atom. The number of hydrogen-bond acceptors (Lipinski definition) is 3. The molecule has 1 heterocycles. The number of nitro benzene ring substituents is 1. The molecule has 0 unspecified atom stereocenters. The Bertz CT molecular complexity index is 517. The average molecular weight is 301 g/mol. The summed E-state index contributed by atoms with van der Waals surface area (Å²) in [5.74, 6) is -0.140. The fourth-order valence-electron chi connectivity index (χ4n) is 2.22. The number of benzene rings is 1. The maximum atomic E-state index is 11.9. The number of quaternary nitrogens is 2. The van der Waals surface area contributed by atoms with E-state index in [9.17, 15) is 14.9 Å². The van der Waals surface area contributed by atoms with Gasteiger partial charge in [-0.05, 0) is 12.1 Å². The van der Waals surface area contributed by atoms with Crippen LogP contribution in [0.3, 0.4) is 0 Å². The van der Waals surface area contributed by atoms with Gasteiger partial charge in [0.2, 0.25) is 0 Å². The second-order valence-corrected chi connectivity index (χ2v) is 5.17. The third-order valence-electron chi connectivity index (χ3n) is 3.24. The van der Waals surface area contributed by atoms with Gasteiger partial charge in [-0.25, -0.2) is 0 Å². The molecule has 0 atom stereocenters. The van der Waals surface area contributed by atoms with E-state index in [1.54, 1.807) is 6.07 Å². The first-order chi connectivity index (χ1) is 9.56. The lowest BCUT2D eigenvalue weighted by Crippen LogP contribution is -3.21. The molecule has 7 nitrogen and oxygen atoms in total. The summed E-state index contributed by atoms with van der Waals surface area (Å²) in [4.78, 5) is 23.3. The Hall–Kier alpha value is -1.70. The molecule has 1 saturated heterocycles. The molecule has 1 aromatic carbocycles. The highest BCUT2D eigenvalue weighted by Crippen LogP contribution is 2.27. The van der Waals surface area contributed by atoms with Gasteiger partial charge < -0.3 is 15.5 Å². The van der Waals surface area contributed by atoms with Gasteiger partial charge in [0.25, 0.3) is 11.6 Å². The smallest absolute Gasteiger partial charge is 0.289 e. The molecule has 8 heteroatoms. The van der Waals surface area contributed by atoms with Crippen LogP contribution in [-0.4, -0.2) is 43.6 Å². The lowest BCUT2D eigenvalue weighted by molar-refractivity contribution is -0.940. The molecule has 2 rings (SSSR count). The van der Waals surface area contributed by atoms with Gasteiger partial charge in [0, 0.05) is 11.8 Å². The fourth-order valence-corrected chi connectivity index (χ4v) is 2.41. The van der Waals surface area contributed by atoms with Gasteiger partial charge in [0.1, 0.15) is 31.2 Å². The predicted octanol–water partition coefficient (Wildman–Crippen LogP) is -1.35. The van der Waals surface area contributed by atoms with E-state index in [2.05, 4.69) is 10.6 Å². The third kappa shape index (κ3) is 3.89. The van der Waals surface area contributed by atoms with Crippen molar-refractivity contribution in [1.82, 2.24) is 0 Å². The largest absolute Gasteiger partial charge is 0.337 e. The van der Waals surface area contributed by atoms with Crippen molar-refractivity contribution in [3.8, 4) is 0 Å². The predicted molar refractivity (Wildman–Crippen MR) is 74.0 cm³/mol. The molecule has 0 bridgehead atoms. The summed E-state index contributed by atoms with van der Waals surface area (Å²) in [6, 6.07) is 4.25. The van der Waals surface area contributed by atoms with Crippen molar-refractivity contribution in [3.05, 3.63) is 33.3 Å². The van der Waals surface area contributed by atoms with Crippen molar-refractivity contribution in [1.29, 1.82) is 0 Å². The van der Waals surface area contributed by atoms with Crippen molar-refractivity contribution >= 4 is 28.9 Å². The highest BCUT2D eigenvalue weighted by atomic mass is 35.5. The van der Waals surface area contributed by atoms with Crippen LogP contribution in [0.15, 0.2) is 18.2 Å². The number of nitrogens with two attached hydrogens (primary N) is 1. The Morgan fingerprint density at radius 1 is 1.45 bits per heavy atom. The second-order valence-electron chi connectivity index (χ2n) is 4.76. The number of hydrogen-bond donors (Lipinski definition) is 3. The van der Waals surface area contributed by atoms with Crippen LogP contribution in [0.5, 0.6) is 0 Å². The number of anilines is 1. The van der Waals surface area contributed by atoms with Crippen molar-refractivity contribution in [2.24, 2.45) is 0 Å². The topological polar surface area (TPSA) is 93.3 Å². The van der Waals surface area contributed by atoms with Crippen LogP contribution < -0.4 is 15.5 Å². The summed E-state index contributed by atoms with van der Waals surface area (Å²) in [7, 11) is 0. The summed E-state index contributed by atoms with van der Waals surface area (Å²) in [6.45, 7) is 4.33. The van der Waals surface area contributed by atoms with Crippen molar-refractivity contribution in [2.75, 3.05) is 38.0 Å². The minimum atomic E-state index is -0.566. The van der Waals surface area contributed by atoms with E-state index >= 15 is 0 Å². The number of nitrogens with one attached hydrogen (secondary N) is 2. The van der Waals surface area contributed by atoms with E-state index in [1.807, 2.05) is 0 Å². The zero-order valence-electron chi connectivity index (χ0n) is 10.9. The molecule has 1 aliphatic heterocycles. The lowest BCUT2D eigenvalue weighted by Gasteiger charge is -2.21. The summed E-state index contributed by atoms with van der Waals surface area (Å²) in [5, 5.41) is 15.7. The molecule has 0 spiro atoms. The summed E-state index contributed by atoms with van der Waals surface area (Å²) in [5.41, 5.74) is 0.193. The van der Waals surface area contributed by atoms with Crippen LogP contribution in [0.25, 0.3) is 0 Å². The van der Waals surface area contributed by atoms with Crippen LogP contribution >= 0.6 is 11.6 Å². The maximum absolute atomic E-state index is 11.9. The molecule has 20 heavy (non-hydrogen) atoms. The molecule has 0 radical (unpaired) electrons. The van der Waals surface area contributed by atoms with E-state index in [0.29, 0.717) is 12.2 Å². The SMILES string of the molecule is O=C(C[NH+]1CC[NH2+]CC1)Nc1ccc(Cl)c([N+](=O)[O-])c1. The van der Waals surface area contributed by atoms with Gasteiger partial charge in [0.15, 0.2) is 6.54 Å². The molecule has 1 amide bonds. The molecule has 1 aliphatic rings. The van der Waals surface area contributed by atoms with E-state index < -0.39 is 4.92 Å². The number of nitrogens with zero attached hydrogens (tertiary/aromatic N) is 1. The van der Waals surface area contributed by atoms with Gasteiger partial charge >= 0.3 is 0 Å². The average Bonchev–Trinajstić information content (AvgIpc) is 2.41. The molecule has 0 aromatic heterocycles. The Morgan fingerprint density at radius 2 is 2.15 bits per heavy atom. The standard InChI is InChI=1S/C12H15ClN4O3/c13-10-2-1-9(7-11(10)17(19)20)15-12(18)8-16-5-3-14-4-6-16/h1-2,7,14H,3-6,8H2,(H,15,18)/p+2. The second kappa shape index (κ2) is 6.65. The number of halogens is 1. The number of rotatable bonds is 4. The number of piperazine rings is 1. The minimum Gasteiger partial charge on any atom is -0.337 e. The first-order valence-electron chi connectivity index (χ1n) is 6.45. The number of carbonyl (C=O) groups excluding carboxylic acids is 1. The molecule has 0 saturated carbocycles. The first-order valence-corrected chi connectivity index (χ1v) is 6.83. The molecular weight excluding hydrogens is 284 g/mol. The van der Waals surface area contributed by atoms with E-state index in [-0.39, 0.29) is 16.6 Å². The quantitative estimate of drug-likeness (QED) is 0.474. The minimum absolute atomic E-state index is 0.0604. The highest BCUT2D eigenvalue weighted by molar-refractivity contribution is 6.32. The molecule has 1 aromatic rings. The first kappa shape index (κ1) is 14.7. The van der Waals surface area contributed by atoms with E-state index in [4.69, 9.17) is 11.6 Å². The van der Waals surface area contributed by atoms with Gasteiger partial charge in [-0.3, -0.25) is 14.9 Å². The summed E-state index contributed by atoms with van der Waals surface area (Å²) < 4.78 is 0. The number of amides is 1. The summed E-state index contributed by atoms with van der Waals surface area (Å²) in [6.07, 6.45) is 0. The van der Waals surface area contributed by atoms with Gasteiger partial charge in [0.05, 0.1) is 4.92 Å². The van der Waals surface area contributed by atoms with Gasteiger partial charge in [-0.15, -0.1) is 0 Å². The zero-order chi connectivity index (χ0) is 14.5. The third-order valence-corrected chi connectivity index (χ3v) is 3.56. The Labute approximate surface area is 121 Å². The van der Waals surface area contributed by atoms with Crippen molar-refractivity contribution in [3.63, 3.8) is 0 Å². The molecule has 1 fully saturated rings. The summed E-state index contributed by atoms with van der Waals surface area (Å²) >= 11 is 5.72. The van der Waals surface area contributed by atoms with Crippen LogP contribution in [0.4, 0.5) is 11.4 Å². The monoisotopic (exact) mass is 300 g/mol. The molecule has 0 aliphatic carbocycles. The normalized spacial score (nSPS) is 15.8. The van der Waals surface area contributed by atoms with Crippen LogP contribution in [0.1, 0.15) is 0 Å². The Balaban J connectivity index is 1.96. The zero-order valence-corrected chi connectivity index (χ0v) is 11.7. The molecule has 108 valence electrons. The van der Waals surface area contributed by atoms with Crippen LogP contribution in [-0.2, 0) is 4.79 Å². The van der Waals surface area contributed by atoms with E-state index in [1.165, 1.54) is 17.0 Å². The lowest BCUT2D eigenvalue weighted by atomic mass is 10.2. The molecule has 4 N–H and O–H groups in total. The number of nitro groups is 1.